The molecule has 0 unspecified atom stereocenters. The Labute approximate surface area is 172 Å². The van der Waals surface area contributed by atoms with E-state index in [0.29, 0.717) is 16.9 Å². The van der Waals surface area contributed by atoms with Crippen molar-refractivity contribution in [2.45, 2.75) is 32.4 Å². The van der Waals surface area contributed by atoms with E-state index in [1.54, 1.807) is 0 Å². The summed E-state index contributed by atoms with van der Waals surface area (Å²) in [5, 5.41) is 14.5. The molecule has 0 aliphatic heterocycles. The lowest BCUT2D eigenvalue weighted by Crippen LogP contribution is -2.12. The molecule has 0 amide bonds. The van der Waals surface area contributed by atoms with Gasteiger partial charge in [-0.3, -0.25) is 0 Å². The number of benzene rings is 2. The number of unbranched alkanes of at least 4 members (excludes halogenated alkanes) is 1. The van der Waals surface area contributed by atoms with Gasteiger partial charge in [-0.2, -0.15) is 23.4 Å². The molecule has 0 saturated carbocycles. The summed E-state index contributed by atoms with van der Waals surface area (Å²) in [6.45, 7) is 2.13. The number of hydrogen-bond donors (Lipinski definition) is 2. The van der Waals surface area contributed by atoms with E-state index in [0.717, 1.165) is 25.5 Å². The van der Waals surface area contributed by atoms with Crippen molar-refractivity contribution >= 4 is 23.1 Å². The number of hydrogen-bond acceptors (Lipinski definition) is 5. The number of anilines is 4. The van der Waals surface area contributed by atoms with Crippen LogP contribution in [-0.2, 0) is 12.6 Å². The highest BCUT2D eigenvalue weighted by Gasteiger charge is 2.35. The van der Waals surface area contributed by atoms with Crippen LogP contribution in [0, 0.1) is 11.3 Å². The van der Waals surface area contributed by atoms with Gasteiger partial charge in [0.25, 0.3) is 0 Å². The average molecular weight is 411 g/mol. The highest BCUT2D eigenvalue weighted by Crippen LogP contribution is 2.35. The number of nitrogens with zero attached hydrogens (tertiary/aromatic N) is 3. The molecule has 30 heavy (non-hydrogen) atoms. The molecule has 3 aromatic rings. The van der Waals surface area contributed by atoms with Crippen molar-refractivity contribution in [3.05, 3.63) is 71.4 Å². The van der Waals surface area contributed by atoms with E-state index in [1.165, 1.54) is 29.8 Å². The van der Waals surface area contributed by atoms with E-state index < -0.39 is 11.7 Å². The molecular formula is C22H20F3N5. The third-order valence-electron chi connectivity index (χ3n) is 4.40. The number of nitrogens with one attached hydrogen (secondary N) is 2. The molecule has 154 valence electrons. The maximum absolute atomic E-state index is 13.4. The minimum Gasteiger partial charge on any atom is -0.340 e. The van der Waals surface area contributed by atoms with Gasteiger partial charge in [-0.15, -0.1) is 0 Å². The second-order valence-corrected chi connectivity index (χ2v) is 6.69. The van der Waals surface area contributed by atoms with E-state index in [2.05, 4.69) is 27.5 Å². The van der Waals surface area contributed by atoms with Gasteiger partial charge in [-0.25, -0.2) is 4.98 Å². The van der Waals surface area contributed by atoms with Crippen molar-refractivity contribution < 1.29 is 13.2 Å². The summed E-state index contributed by atoms with van der Waals surface area (Å²) in [6, 6.07) is 15.6. The first-order valence-electron chi connectivity index (χ1n) is 9.46. The van der Waals surface area contributed by atoms with Crippen LogP contribution in [0.3, 0.4) is 0 Å². The molecule has 0 fully saturated rings. The molecule has 2 N–H and O–H groups in total. The number of aryl methyl sites for hydroxylation is 1. The summed E-state index contributed by atoms with van der Waals surface area (Å²) in [7, 11) is 0. The van der Waals surface area contributed by atoms with Crippen molar-refractivity contribution in [3.8, 4) is 6.07 Å². The van der Waals surface area contributed by atoms with Crippen molar-refractivity contribution in [1.82, 2.24) is 9.97 Å². The molecular weight excluding hydrogens is 391 g/mol. The third-order valence-corrected chi connectivity index (χ3v) is 4.40. The van der Waals surface area contributed by atoms with E-state index >= 15 is 0 Å². The number of aromatic nitrogens is 2. The van der Waals surface area contributed by atoms with Crippen molar-refractivity contribution in [2.75, 3.05) is 10.6 Å². The zero-order valence-electron chi connectivity index (χ0n) is 16.3. The van der Waals surface area contributed by atoms with Crippen molar-refractivity contribution in [3.63, 3.8) is 0 Å². The van der Waals surface area contributed by atoms with Gasteiger partial charge in [-0.1, -0.05) is 25.5 Å². The molecule has 0 spiro atoms. The Bertz CT molecular complexity index is 1020. The summed E-state index contributed by atoms with van der Waals surface area (Å²) in [6.07, 6.45) is -0.689. The number of rotatable bonds is 7. The fourth-order valence-corrected chi connectivity index (χ4v) is 2.77. The minimum atomic E-state index is -4.62. The van der Waals surface area contributed by atoms with Crippen LogP contribution in [0.25, 0.3) is 0 Å². The van der Waals surface area contributed by atoms with Gasteiger partial charge in [-0.05, 0) is 54.8 Å². The Kier molecular flexibility index (Phi) is 6.52. The molecule has 5 nitrogen and oxygen atoms in total. The topological polar surface area (TPSA) is 73.6 Å². The van der Waals surface area contributed by atoms with E-state index in [1.807, 2.05) is 30.3 Å². The molecule has 0 atom stereocenters. The van der Waals surface area contributed by atoms with Crippen LogP contribution in [0.5, 0.6) is 0 Å². The first-order valence-corrected chi connectivity index (χ1v) is 9.46. The van der Waals surface area contributed by atoms with Gasteiger partial charge in [0, 0.05) is 17.6 Å². The third kappa shape index (κ3) is 5.47. The molecule has 1 aromatic heterocycles. The highest BCUT2D eigenvalue weighted by atomic mass is 19.4. The van der Waals surface area contributed by atoms with Gasteiger partial charge >= 0.3 is 6.18 Å². The van der Waals surface area contributed by atoms with Crippen LogP contribution in [0.15, 0.2) is 54.7 Å². The highest BCUT2D eigenvalue weighted by molar-refractivity contribution is 5.63. The summed E-state index contributed by atoms with van der Waals surface area (Å²) in [4.78, 5) is 7.84. The minimum absolute atomic E-state index is 0.0421. The zero-order chi connectivity index (χ0) is 21.6. The molecule has 0 bridgehead atoms. The molecule has 0 radical (unpaired) electrons. The second-order valence-electron chi connectivity index (χ2n) is 6.69. The van der Waals surface area contributed by atoms with Crippen LogP contribution in [0.1, 0.15) is 36.5 Å². The Morgan fingerprint density at radius 1 is 0.967 bits per heavy atom. The molecule has 1 heterocycles. The average Bonchev–Trinajstić information content (AvgIpc) is 2.73. The van der Waals surface area contributed by atoms with Gasteiger partial charge in [0.05, 0.1) is 11.6 Å². The van der Waals surface area contributed by atoms with Gasteiger partial charge in [0.1, 0.15) is 11.4 Å². The Morgan fingerprint density at radius 2 is 1.60 bits per heavy atom. The molecule has 0 aliphatic rings. The second kappa shape index (κ2) is 9.27. The zero-order valence-corrected chi connectivity index (χ0v) is 16.3. The normalized spacial score (nSPS) is 11.0. The van der Waals surface area contributed by atoms with Gasteiger partial charge in [0.15, 0.2) is 0 Å². The van der Waals surface area contributed by atoms with Crippen LogP contribution < -0.4 is 10.6 Å². The monoisotopic (exact) mass is 411 g/mol. The molecule has 0 aliphatic carbocycles. The van der Waals surface area contributed by atoms with Crippen LogP contribution >= 0.6 is 0 Å². The molecule has 2 aromatic carbocycles. The smallest absolute Gasteiger partial charge is 0.340 e. The fourth-order valence-electron chi connectivity index (χ4n) is 2.77. The first kappa shape index (κ1) is 21.1. The standard InChI is InChI=1S/C22H20F3N5/c1-2-3-4-15-5-9-18(10-6-15)29-21-27-14-19(22(23,24)25)20(30-21)28-17-11-7-16(13-26)8-12-17/h5-12,14H,2-4H2,1H3,(H2,27,28,29,30). The predicted octanol–water partition coefficient (Wildman–Crippen LogP) is 6.20. The summed E-state index contributed by atoms with van der Waals surface area (Å²) in [5.74, 6) is -0.329. The Morgan fingerprint density at radius 3 is 2.20 bits per heavy atom. The maximum atomic E-state index is 13.4. The SMILES string of the molecule is CCCCc1ccc(Nc2ncc(C(F)(F)F)c(Nc3ccc(C#N)cc3)n2)cc1. The summed E-state index contributed by atoms with van der Waals surface area (Å²) >= 11 is 0. The fraction of sp³-hybridized carbons (Fsp3) is 0.227. The quantitative estimate of drug-likeness (QED) is 0.484. The molecule has 3 rings (SSSR count). The largest absolute Gasteiger partial charge is 0.421 e. The van der Waals surface area contributed by atoms with Crippen LogP contribution in [-0.4, -0.2) is 9.97 Å². The lowest BCUT2D eigenvalue weighted by molar-refractivity contribution is -0.137. The van der Waals surface area contributed by atoms with Crippen molar-refractivity contribution in [1.29, 1.82) is 5.26 Å². The van der Waals surface area contributed by atoms with Gasteiger partial charge < -0.3 is 10.6 Å². The first-order chi connectivity index (χ1) is 14.4. The number of alkyl halides is 3. The van der Waals surface area contributed by atoms with Crippen LogP contribution in [0.2, 0.25) is 0 Å². The lowest BCUT2D eigenvalue weighted by atomic mass is 10.1. The maximum Gasteiger partial charge on any atom is 0.421 e. The molecule has 8 heteroatoms. The van der Waals surface area contributed by atoms with Crippen LogP contribution in [0.4, 0.5) is 36.3 Å². The van der Waals surface area contributed by atoms with E-state index in [9.17, 15) is 13.2 Å². The Hall–Kier alpha value is -3.60. The van der Waals surface area contributed by atoms with E-state index in [4.69, 9.17) is 5.26 Å². The van der Waals surface area contributed by atoms with E-state index in [-0.39, 0.29) is 11.8 Å². The van der Waals surface area contributed by atoms with Crippen molar-refractivity contribution in [2.24, 2.45) is 0 Å². The molecule has 0 saturated heterocycles. The predicted molar refractivity (Wildman–Crippen MR) is 110 cm³/mol. The van der Waals surface area contributed by atoms with Gasteiger partial charge in [0.2, 0.25) is 5.95 Å². The lowest BCUT2D eigenvalue weighted by Gasteiger charge is -2.15. The number of halogens is 3. The Balaban J connectivity index is 1.84. The number of nitriles is 1. The summed E-state index contributed by atoms with van der Waals surface area (Å²) < 4.78 is 40.2. The summed E-state index contributed by atoms with van der Waals surface area (Å²) in [5.41, 5.74) is 1.68.